The minimum atomic E-state index is -0.0659. The van der Waals surface area contributed by atoms with E-state index in [1.807, 2.05) is 0 Å². The van der Waals surface area contributed by atoms with Crippen molar-refractivity contribution in [1.82, 2.24) is 14.6 Å². The molecular weight excluding hydrogens is 248 g/mol. The van der Waals surface area contributed by atoms with Crippen molar-refractivity contribution in [3.8, 4) is 0 Å². The number of hydrogen-bond donors (Lipinski definition) is 1. The molecule has 0 atom stereocenters. The van der Waals surface area contributed by atoms with E-state index in [9.17, 15) is 4.79 Å². The minimum absolute atomic E-state index is 0.0659. The molecule has 2 N–H and O–H groups in total. The predicted octanol–water partition coefficient (Wildman–Crippen LogP) is 1.28. The van der Waals surface area contributed by atoms with Gasteiger partial charge in [-0.2, -0.15) is 5.10 Å². The summed E-state index contributed by atoms with van der Waals surface area (Å²) in [7, 11) is 0. The Morgan fingerprint density at radius 3 is 3.00 bits per heavy atom. The molecule has 5 nitrogen and oxygen atoms in total. The second-order valence-electron chi connectivity index (χ2n) is 2.84. The fraction of sp³-hybridized carbons (Fsp3) is 0.125. The summed E-state index contributed by atoms with van der Waals surface area (Å²) >= 11 is 3.30. The quantitative estimate of drug-likeness (QED) is 0.779. The lowest BCUT2D eigenvalue weighted by Crippen LogP contribution is -2.04. The number of nitrogen functional groups attached to an aromatic ring is 1. The minimum Gasteiger partial charge on any atom is -0.382 e. The molecule has 0 saturated heterocycles. The molecule has 0 unspecified atom stereocenters. The molecule has 2 heterocycles. The molecule has 2 aromatic rings. The molecule has 0 saturated carbocycles. The lowest BCUT2D eigenvalue weighted by atomic mass is 10.3. The van der Waals surface area contributed by atoms with Gasteiger partial charge in [-0.1, -0.05) is 0 Å². The summed E-state index contributed by atoms with van der Waals surface area (Å²) < 4.78 is 2.20. The van der Waals surface area contributed by atoms with E-state index < -0.39 is 0 Å². The molecule has 14 heavy (non-hydrogen) atoms. The van der Waals surface area contributed by atoms with Crippen LogP contribution in [0.5, 0.6) is 0 Å². The Bertz CT molecular complexity index is 519. The number of aromatic nitrogens is 3. The van der Waals surface area contributed by atoms with Crippen LogP contribution >= 0.6 is 15.9 Å². The molecule has 2 aromatic heterocycles. The van der Waals surface area contributed by atoms with Crippen LogP contribution in [-0.4, -0.2) is 20.4 Å². The Kier molecular flexibility index (Phi) is 1.99. The fourth-order valence-corrected chi connectivity index (χ4v) is 1.86. The topological polar surface area (TPSA) is 73.3 Å². The van der Waals surface area contributed by atoms with Crippen molar-refractivity contribution >= 4 is 33.0 Å². The van der Waals surface area contributed by atoms with Crippen molar-refractivity contribution in [2.75, 3.05) is 5.73 Å². The smallest absolute Gasteiger partial charge is 0.178 e. The third-order valence-electron chi connectivity index (χ3n) is 1.90. The predicted molar refractivity (Wildman–Crippen MR) is 55.1 cm³/mol. The van der Waals surface area contributed by atoms with Crippen LogP contribution in [0.3, 0.4) is 0 Å². The maximum Gasteiger partial charge on any atom is 0.178 e. The van der Waals surface area contributed by atoms with Crippen LogP contribution in [0.4, 0.5) is 5.82 Å². The third kappa shape index (κ3) is 1.19. The number of halogens is 1. The van der Waals surface area contributed by atoms with E-state index in [0.29, 0.717) is 17.0 Å². The number of Topliss-reactive ketones (excluding diaryl/α,β-unsaturated/α-hetero) is 1. The van der Waals surface area contributed by atoms with E-state index in [1.165, 1.54) is 17.8 Å². The number of anilines is 1. The van der Waals surface area contributed by atoms with Gasteiger partial charge in [0.1, 0.15) is 17.5 Å². The van der Waals surface area contributed by atoms with Crippen LogP contribution < -0.4 is 5.73 Å². The number of carbonyl (C=O) groups is 1. The summed E-state index contributed by atoms with van der Waals surface area (Å²) in [6, 6.07) is 1.68. The van der Waals surface area contributed by atoms with Crippen molar-refractivity contribution in [3.05, 3.63) is 22.6 Å². The SMILES string of the molecule is CC(=O)c1cc(Br)c2c(N)ncnn12. The van der Waals surface area contributed by atoms with Crippen molar-refractivity contribution in [1.29, 1.82) is 0 Å². The number of rotatable bonds is 1. The highest BCUT2D eigenvalue weighted by Crippen LogP contribution is 2.25. The van der Waals surface area contributed by atoms with E-state index in [1.54, 1.807) is 6.07 Å². The number of carbonyl (C=O) groups excluding carboxylic acids is 1. The highest BCUT2D eigenvalue weighted by atomic mass is 79.9. The lowest BCUT2D eigenvalue weighted by molar-refractivity contribution is 0.101. The van der Waals surface area contributed by atoms with Crippen LogP contribution in [0.1, 0.15) is 17.4 Å². The number of fused-ring (bicyclic) bond motifs is 1. The molecule has 72 valence electrons. The highest BCUT2D eigenvalue weighted by molar-refractivity contribution is 9.10. The highest BCUT2D eigenvalue weighted by Gasteiger charge is 2.13. The van der Waals surface area contributed by atoms with Crippen LogP contribution in [0.2, 0.25) is 0 Å². The summed E-state index contributed by atoms with van der Waals surface area (Å²) in [4.78, 5) is 15.1. The molecular formula is C8H7BrN4O. The molecule has 0 amide bonds. The van der Waals surface area contributed by atoms with Gasteiger partial charge in [0.25, 0.3) is 0 Å². The van der Waals surface area contributed by atoms with Gasteiger partial charge in [-0.3, -0.25) is 4.79 Å². The van der Waals surface area contributed by atoms with E-state index in [4.69, 9.17) is 5.73 Å². The lowest BCUT2D eigenvalue weighted by Gasteiger charge is -1.98. The van der Waals surface area contributed by atoms with Crippen LogP contribution in [0.15, 0.2) is 16.9 Å². The van der Waals surface area contributed by atoms with E-state index >= 15 is 0 Å². The Morgan fingerprint density at radius 1 is 1.64 bits per heavy atom. The van der Waals surface area contributed by atoms with E-state index in [2.05, 4.69) is 26.0 Å². The van der Waals surface area contributed by atoms with Crippen molar-refractivity contribution in [2.45, 2.75) is 6.92 Å². The fourth-order valence-electron chi connectivity index (χ4n) is 1.27. The van der Waals surface area contributed by atoms with Gasteiger partial charge in [0, 0.05) is 11.4 Å². The number of nitrogens with zero attached hydrogens (tertiary/aromatic N) is 3. The number of ketones is 1. The molecule has 2 rings (SSSR count). The van der Waals surface area contributed by atoms with Gasteiger partial charge in [-0.15, -0.1) is 0 Å². The first-order valence-electron chi connectivity index (χ1n) is 3.90. The van der Waals surface area contributed by atoms with Gasteiger partial charge in [-0.25, -0.2) is 9.50 Å². The van der Waals surface area contributed by atoms with E-state index in [0.717, 1.165) is 4.47 Å². The summed E-state index contributed by atoms with van der Waals surface area (Å²) in [5.74, 6) is 0.281. The molecule has 0 aromatic carbocycles. The molecule has 0 aliphatic carbocycles. The van der Waals surface area contributed by atoms with Crippen LogP contribution in [0, 0.1) is 0 Å². The Labute approximate surface area is 88.1 Å². The second-order valence-corrected chi connectivity index (χ2v) is 3.69. The van der Waals surface area contributed by atoms with Gasteiger partial charge in [-0.05, 0) is 22.0 Å². The molecule has 0 aliphatic heterocycles. The standard InChI is InChI=1S/C8H7BrN4O/c1-4(14)6-2-5(9)7-8(10)11-3-12-13(6)7/h2-3H,1H3,(H2,10,11,12). The zero-order valence-electron chi connectivity index (χ0n) is 7.36. The van der Waals surface area contributed by atoms with Gasteiger partial charge in [0.05, 0.1) is 0 Å². The Balaban J connectivity index is 2.91. The van der Waals surface area contributed by atoms with Crippen molar-refractivity contribution < 1.29 is 4.79 Å². The third-order valence-corrected chi connectivity index (χ3v) is 2.50. The molecule has 0 fully saturated rings. The zero-order chi connectivity index (χ0) is 10.3. The maximum absolute atomic E-state index is 11.2. The Morgan fingerprint density at radius 2 is 2.36 bits per heavy atom. The first kappa shape index (κ1) is 9.14. The zero-order valence-corrected chi connectivity index (χ0v) is 8.95. The van der Waals surface area contributed by atoms with Gasteiger partial charge < -0.3 is 5.73 Å². The molecule has 0 bridgehead atoms. The first-order valence-corrected chi connectivity index (χ1v) is 4.69. The summed E-state index contributed by atoms with van der Waals surface area (Å²) in [5, 5.41) is 3.96. The molecule has 0 radical (unpaired) electrons. The van der Waals surface area contributed by atoms with E-state index in [-0.39, 0.29) is 5.78 Å². The van der Waals surface area contributed by atoms with Gasteiger partial charge >= 0.3 is 0 Å². The Hall–Kier alpha value is -1.43. The summed E-state index contributed by atoms with van der Waals surface area (Å²) in [6.07, 6.45) is 1.32. The summed E-state index contributed by atoms with van der Waals surface area (Å²) in [5.41, 5.74) is 6.77. The largest absolute Gasteiger partial charge is 0.382 e. The van der Waals surface area contributed by atoms with Crippen LogP contribution in [-0.2, 0) is 0 Å². The molecule has 6 heteroatoms. The molecule has 0 aliphatic rings. The molecule has 0 spiro atoms. The van der Waals surface area contributed by atoms with Crippen molar-refractivity contribution in [2.24, 2.45) is 0 Å². The maximum atomic E-state index is 11.2. The first-order chi connectivity index (χ1) is 6.61. The summed E-state index contributed by atoms with van der Waals surface area (Å²) in [6.45, 7) is 1.48. The number of nitrogens with two attached hydrogens (primary N) is 1. The van der Waals surface area contributed by atoms with Crippen molar-refractivity contribution in [3.63, 3.8) is 0 Å². The average Bonchev–Trinajstić information content (AvgIpc) is 2.45. The normalized spacial score (nSPS) is 10.7. The second kappa shape index (κ2) is 3.06. The average molecular weight is 255 g/mol. The number of hydrogen-bond acceptors (Lipinski definition) is 4. The monoisotopic (exact) mass is 254 g/mol. The van der Waals surface area contributed by atoms with Gasteiger partial charge in [0.2, 0.25) is 0 Å². The van der Waals surface area contributed by atoms with Crippen LogP contribution in [0.25, 0.3) is 5.52 Å². The van der Waals surface area contributed by atoms with Gasteiger partial charge in [0.15, 0.2) is 11.6 Å².